The van der Waals surface area contributed by atoms with Gasteiger partial charge < -0.3 is 5.32 Å². The summed E-state index contributed by atoms with van der Waals surface area (Å²) < 4.78 is 0. The second kappa shape index (κ2) is 5.40. The van der Waals surface area contributed by atoms with Crippen molar-refractivity contribution in [2.75, 3.05) is 10.7 Å². The van der Waals surface area contributed by atoms with Crippen LogP contribution < -0.4 is 16.6 Å². The molecule has 2 aromatic rings. The molecule has 0 amide bonds. The van der Waals surface area contributed by atoms with E-state index >= 15 is 0 Å². The monoisotopic (exact) mass is 261 g/mol. The van der Waals surface area contributed by atoms with Crippen LogP contribution in [0, 0.1) is 0 Å². The van der Waals surface area contributed by atoms with E-state index in [-0.39, 0.29) is 0 Å². The highest BCUT2D eigenvalue weighted by atomic mass is 15.3. The maximum atomic E-state index is 5.40. The zero-order valence-electron chi connectivity index (χ0n) is 10.8. The second-order valence-electron chi connectivity index (χ2n) is 5.01. The van der Waals surface area contributed by atoms with Gasteiger partial charge in [-0.15, -0.1) is 0 Å². The van der Waals surface area contributed by atoms with Crippen molar-refractivity contribution in [3.63, 3.8) is 0 Å². The number of nitrogens with zero attached hydrogens (tertiary/aromatic N) is 3. The molecule has 0 radical (unpaired) electrons. The zero-order valence-corrected chi connectivity index (χ0v) is 10.8. The number of fused-ring (bicyclic) bond motifs is 1. The van der Waals surface area contributed by atoms with Crippen LogP contribution in [-0.2, 0) is 0 Å². The molecule has 102 valence electrons. The molecule has 1 fully saturated rings. The highest BCUT2D eigenvalue weighted by molar-refractivity contribution is 5.87. The van der Waals surface area contributed by atoms with E-state index < -0.39 is 0 Å². The SMILES string of the molecule is NNc1nc(NC2CCCCCC2)c2cn[nH]c2n1. The van der Waals surface area contributed by atoms with Gasteiger partial charge in [0.25, 0.3) is 0 Å². The van der Waals surface area contributed by atoms with Crippen LogP contribution in [0.2, 0.25) is 0 Å². The van der Waals surface area contributed by atoms with Gasteiger partial charge in [0, 0.05) is 6.04 Å². The van der Waals surface area contributed by atoms with Gasteiger partial charge in [0.1, 0.15) is 5.82 Å². The van der Waals surface area contributed by atoms with Crippen molar-refractivity contribution >= 4 is 22.8 Å². The number of hydrazine groups is 1. The molecule has 0 aromatic carbocycles. The molecule has 1 aliphatic carbocycles. The Bertz CT molecular complexity index is 542. The minimum absolute atomic E-state index is 0.396. The predicted octanol–water partition coefficient (Wildman–Crippen LogP) is 1.77. The van der Waals surface area contributed by atoms with Crippen molar-refractivity contribution in [2.24, 2.45) is 5.84 Å². The summed E-state index contributed by atoms with van der Waals surface area (Å²) >= 11 is 0. The third-order valence-corrected chi connectivity index (χ3v) is 3.63. The second-order valence-corrected chi connectivity index (χ2v) is 5.01. The molecule has 5 N–H and O–H groups in total. The lowest BCUT2D eigenvalue weighted by Crippen LogP contribution is -2.20. The van der Waals surface area contributed by atoms with Gasteiger partial charge in [0.05, 0.1) is 11.6 Å². The molecule has 0 atom stereocenters. The number of anilines is 2. The number of hydrogen-bond donors (Lipinski definition) is 4. The summed E-state index contributed by atoms with van der Waals surface area (Å²) in [5.74, 6) is 6.60. The molecule has 2 heterocycles. The van der Waals surface area contributed by atoms with E-state index in [0.717, 1.165) is 11.2 Å². The van der Waals surface area contributed by atoms with Crippen LogP contribution in [0.1, 0.15) is 38.5 Å². The standard InChI is InChI=1S/C12H19N7/c13-18-12-16-10(9-7-14-19-11(9)17-12)15-8-5-3-1-2-4-6-8/h7-8H,1-6,13H2,(H3,14,15,16,17,18,19). The zero-order chi connectivity index (χ0) is 13.1. The summed E-state index contributed by atoms with van der Waals surface area (Å²) in [5.41, 5.74) is 3.18. The minimum Gasteiger partial charge on any atom is -0.367 e. The van der Waals surface area contributed by atoms with E-state index in [2.05, 4.69) is 30.9 Å². The Labute approximate surface area is 111 Å². The number of nitrogen functional groups attached to an aromatic ring is 1. The molecule has 7 nitrogen and oxygen atoms in total. The van der Waals surface area contributed by atoms with Crippen LogP contribution in [-0.4, -0.2) is 26.2 Å². The van der Waals surface area contributed by atoms with Crippen molar-refractivity contribution in [3.05, 3.63) is 6.20 Å². The third kappa shape index (κ3) is 2.60. The molecular formula is C12H19N7. The fourth-order valence-corrected chi connectivity index (χ4v) is 2.63. The molecule has 3 rings (SSSR count). The van der Waals surface area contributed by atoms with Crippen LogP contribution in [0.4, 0.5) is 11.8 Å². The molecular weight excluding hydrogens is 242 g/mol. The number of rotatable bonds is 3. The summed E-state index contributed by atoms with van der Waals surface area (Å²) in [7, 11) is 0. The van der Waals surface area contributed by atoms with E-state index in [1.165, 1.54) is 38.5 Å². The van der Waals surface area contributed by atoms with E-state index in [1.807, 2.05) is 0 Å². The fraction of sp³-hybridized carbons (Fsp3) is 0.583. The summed E-state index contributed by atoms with van der Waals surface area (Å²) in [6, 6.07) is 0.473. The maximum Gasteiger partial charge on any atom is 0.241 e. The molecule has 0 unspecified atom stereocenters. The number of nitrogens with two attached hydrogens (primary N) is 1. The van der Waals surface area contributed by atoms with Gasteiger partial charge in [-0.25, -0.2) is 5.84 Å². The molecule has 7 heteroatoms. The first-order chi connectivity index (χ1) is 9.36. The van der Waals surface area contributed by atoms with Gasteiger partial charge in [-0.05, 0) is 12.8 Å². The first-order valence-electron chi connectivity index (χ1n) is 6.81. The van der Waals surface area contributed by atoms with E-state index in [4.69, 9.17) is 5.84 Å². The normalized spacial score (nSPS) is 17.3. The Hall–Kier alpha value is -1.89. The Morgan fingerprint density at radius 2 is 1.95 bits per heavy atom. The average molecular weight is 261 g/mol. The smallest absolute Gasteiger partial charge is 0.241 e. The van der Waals surface area contributed by atoms with Crippen LogP contribution in [0.3, 0.4) is 0 Å². The topological polar surface area (TPSA) is 105 Å². The number of nitrogens with one attached hydrogen (secondary N) is 3. The van der Waals surface area contributed by atoms with Gasteiger partial charge in [-0.2, -0.15) is 15.1 Å². The number of aromatic amines is 1. The first-order valence-corrected chi connectivity index (χ1v) is 6.81. The Morgan fingerprint density at radius 3 is 2.68 bits per heavy atom. The third-order valence-electron chi connectivity index (χ3n) is 3.63. The Kier molecular flexibility index (Phi) is 3.45. The first kappa shape index (κ1) is 12.2. The summed E-state index contributed by atoms with van der Waals surface area (Å²) in [5, 5.41) is 11.3. The number of H-pyrrole nitrogens is 1. The fourth-order valence-electron chi connectivity index (χ4n) is 2.63. The molecule has 1 aliphatic rings. The van der Waals surface area contributed by atoms with Crippen molar-refractivity contribution in [1.29, 1.82) is 0 Å². The van der Waals surface area contributed by atoms with Gasteiger partial charge in [-0.1, -0.05) is 25.7 Å². The molecule has 0 bridgehead atoms. The molecule has 2 aromatic heterocycles. The van der Waals surface area contributed by atoms with Crippen molar-refractivity contribution < 1.29 is 0 Å². The van der Waals surface area contributed by atoms with Crippen LogP contribution >= 0.6 is 0 Å². The van der Waals surface area contributed by atoms with Crippen molar-refractivity contribution in [3.8, 4) is 0 Å². The molecule has 0 aliphatic heterocycles. The quantitative estimate of drug-likeness (QED) is 0.381. The lowest BCUT2D eigenvalue weighted by molar-refractivity contribution is 0.618. The summed E-state index contributed by atoms with van der Waals surface area (Å²) in [6.45, 7) is 0. The van der Waals surface area contributed by atoms with Crippen LogP contribution in [0.5, 0.6) is 0 Å². The van der Waals surface area contributed by atoms with Crippen LogP contribution in [0.25, 0.3) is 11.0 Å². The lowest BCUT2D eigenvalue weighted by Gasteiger charge is -2.17. The highest BCUT2D eigenvalue weighted by Crippen LogP contribution is 2.24. The molecule has 19 heavy (non-hydrogen) atoms. The molecule has 0 spiro atoms. The van der Waals surface area contributed by atoms with Gasteiger partial charge >= 0.3 is 0 Å². The predicted molar refractivity (Wildman–Crippen MR) is 74.6 cm³/mol. The highest BCUT2D eigenvalue weighted by Gasteiger charge is 2.15. The van der Waals surface area contributed by atoms with E-state index in [1.54, 1.807) is 6.20 Å². The summed E-state index contributed by atoms with van der Waals surface area (Å²) in [4.78, 5) is 8.62. The Morgan fingerprint density at radius 1 is 1.16 bits per heavy atom. The largest absolute Gasteiger partial charge is 0.367 e. The van der Waals surface area contributed by atoms with Gasteiger partial charge in [0.2, 0.25) is 5.95 Å². The Balaban J connectivity index is 1.87. The van der Waals surface area contributed by atoms with Gasteiger partial charge in [0.15, 0.2) is 5.65 Å². The lowest BCUT2D eigenvalue weighted by atomic mass is 10.1. The number of aromatic nitrogens is 4. The molecule has 0 saturated heterocycles. The summed E-state index contributed by atoms with van der Waals surface area (Å²) in [6.07, 6.45) is 9.34. The maximum absolute atomic E-state index is 5.40. The minimum atomic E-state index is 0.396. The van der Waals surface area contributed by atoms with Crippen molar-refractivity contribution in [2.45, 2.75) is 44.6 Å². The average Bonchev–Trinajstić information content (AvgIpc) is 2.76. The van der Waals surface area contributed by atoms with E-state index in [9.17, 15) is 0 Å². The number of hydrogen-bond acceptors (Lipinski definition) is 6. The van der Waals surface area contributed by atoms with E-state index in [0.29, 0.717) is 17.6 Å². The van der Waals surface area contributed by atoms with Crippen LogP contribution in [0.15, 0.2) is 6.20 Å². The molecule has 1 saturated carbocycles. The van der Waals surface area contributed by atoms with Crippen molar-refractivity contribution in [1.82, 2.24) is 20.2 Å². The van der Waals surface area contributed by atoms with Gasteiger partial charge in [-0.3, -0.25) is 10.5 Å².